The van der Waals surface area contributed by atoms with Gasteiger partial charge in [0.1, 0.15) is 0 Å². The zero-order valence-electron chi connectivity index (χ0n) is 8.08. The van der Waals surface area contributed by atoms with Gasteiger partial charge in [-0.15, -0.1) is 0 Å². The van der Waals surface area contributed by atoms with Crippen LogP contribution in [0.1, 0.15) is 12.5 Å². The van der Waals surface area contributed by atoms with E-state index in [2.05, 4.69) is 4.74 Å². The zero-order valence-corrected chi connectivity index (χ0v) is 8.84. The third kappa shape index (κ3) is 2.89. The van der Waals surface area contributed by atoms with Crippen LogP contribution in [0.4, 0.5) is 0 Å². The molecule has 0 heterocycles. The summed E-state index contributed by atoms with van der Waals surface area (Å²) in [5, 5.41) is 0.679. The van der Waals surface area contributed by atoms with E-state index in [9.17, 15) is 4.79 Å². The molecule has 1 aromatic rings. The molecule has 0 aliphatic rings. The smallest absolute Gasteiger partial charge is 0.333 e. The summed E-state index contributed by atoms with van der Waals surface area (Å²) >= 11 is 5.73. The van der Waals surface area contributed by atoms with Crippen LogP contribution < -0.4 is 0 Å². The fourth-order valence-corrected chi connectivity index (χ4v) is 1.15. The van der Waals surface area contributed by atoms with Crippen LogP contribution in [0.3, 0.4) is 0 Å². The summed E-state index contributed by atoms with van der Waals surface area (Å²) in [6.45, 7) is 1.71. The fraction of sp³-hybridized carbons (Fsp3) is 0.182. The van der Waals surface area contributed by atoms with Crippen LogP contribution >= 0.6 is 11.6 Å². The van der Waals surface area contributed by atoms with E-state index in [1.54, 1.807) is 25.1 Å². The molecule has 74 valence electrons. The molecule has 0 fully saturated rings. The summed E-state index contributed by atoms with van der Waals surface area (Å²) in [6, 6.07) is 7.24. The second-order valence-electron chi connectivity index (χ2n) is 2.87. The first-order chi connectivity index (χ1) is 6.63. The molecule has 14 heavy (non-hydrogen) atoms. The Hall–Kier alpha value is -1.28. The van der Waals surface area contributed by atoms with Gasteiger partial charge in [-0.05, 0) is 30.7 Å². The van der Waals surface area contributed by atoms with E-state index in [0.29, 0.717) is 10.6 Å². The molecule has 0 amide bonds. The Morgan fingerprint density at radius 2 is 1.93 bits per heavy atom. The number of rotatable bonds is 2. The molecule has 1 rings (SSSR count). The van der Waals surface area contributed by atoms with Crippen molar-refractivity contribution in [1.29, 1.82) is 0 Å². The second-order valence-corrected chi connectivity index (χ2v) is 3.31. The second kappa shape index (κ2) is 4.82. The van der Waals surface area contributed by atoms with Gasteiger partial charge in [-0.3, -0.25) is 0 Å². The molecule has 1 aromatic carbocycles. The molecule has 0 atom stereocenters. The molecule has 0 saturated carbocycles. The number of esters is 1. The predicted molar refractivity (Wildman–Crippen MR) is 57.1 cm³/mol. The summed E-state index contributed by atoms with van der Waals surface area (Å²) in [7, 11) is 1.36. The highest BCUT2D eigenvalue weighted by Gasteiger charge is 2.02. The molecule has 0 unspecified atom stereocenters. The number of carbonyl (C=O) groups is 1. The molecule has 0 aliphatic heterocycles. The van der Waals surface area contributed by atoms with Crippen LogP contribution in [-0.4, -0.2) is 13.1 Å². The highest BCUT2D eigenvalue weighted by Crippen LogP contribution is 2.12. The maximum atomic E-state index is 11.1. The lowest BCUT2D eigenvalue weighted by atomic mass is 10.1. The number of methoxy groups -OCH3 is 1. The van der Waals surface area contributed by atoms with E-state index >= 15 is 0 Å². The van der Waals surface area contributed by atoms with Gasteiger partial charge in [0.25, 0.3) is 0 Å². The van der Waals surface area contributed by atoms with Gasteiger partial charge < -0.3 is 4.74 Å². The Bertz CT molecular complexity index is 352. The fourth-order valence-electron chi connectivity index (χ4n) is 1.03. The molecular weight excluding hydrogens is 200 g/mol. The van der Waals surface area contributed by atoms with Crippen molar-refractivity contribution in [2.75, 3.05) is 7.11 Å². The molecule has 0 N–H and O–H groups in total. The van der Waals surface area contributed by atoms with Crippen LogP contribution in [0.15, 0.2) is 29.8 Å². The van der Waals surface area contributed by atoms with Crippen molar-refractivity contribution in [2.45, 2.75) is 6.92 Å². The lowest BCUT2D eigenvalue weighted by Crippen LogP contribution is -2.00. The van der Waals surface area contributed by atoms with Crippen molar-refractivity contribution in [2.24, 2.45) is 0 Å². The van der Waals surface area contributed by atoms with Gasteiger partial charge in [-0.1, -0.05) is 23.7 Å². The maximum absolute atomic E-state index is 11.1. The molecule has 0 aliphatic carbocycles. The quantitative estimate of drug-likeness (QED) is 0.554. The van der Waals surface area contributed by atoms with Gasteiger partial charge in [-0.25, -0.2) is 4.79 Å². The molecular formula is C11H11ClO2. The van der Waals surface area contributed by atoms with Crippen molar-refractivity contribution in [3.63, 3.8) is 0 Å². The Balaban J connectivity index is 2.86. The van der Waals surface area contributed by atoms with Crippen molar-refractivity contribution in [3.05, 3.63) is 40.4 Å². The van der Waals surface area contributed by atoms with Crippen LogP contribution in [0.2, 0.25) is 5.02 Å². The van der Waals surface area contributed by atoms with E-state index in [1.807, 2.05) is 12.1 Å². The third-order valence-electron chi connectivity index (χ3n) is 1.76. The lowest BCUT2D eigenvalue weighted by molar-refractivity contribution is -0.135. The van der Waals surface area contributed by atoms with E-state index in [4.69, 9.17) is 11.6 Å². The lowest BCUT2D eigenvalue weighted by Gasteiger charge is -1.99. The first kappa shape index (κ1) is 10.8. The Labute approximate surface area is 88.1 Å². The van der Waals surface area contributed by atoms with Crippen molar-refractivity contribution in [1.82, 2.24) is 0 Å². The normalized spacial score (nSPS) is 11.2. The van der Waals surface area contributed by atoms with Gasteiger partial charge in [0.15, 0.2) is 0 Å². The SMILES string of the molecule is COC(=O)/C(C)=C\c1ccc(Cl)cc1. The standard InChI is InChI=1S/C11H11ClO2/c1-8(11(13)14-2)7-9-3-5-10(12)6-4-9/h3-7H,1-2H3/b8-7-. The largest absolute Gasteiger partial charge is 0.466 e. The summed E-state index contributed by atoms with van der Waals surface area (Å²) in [4.78, 5) is 11.1. The summed E-state index contributed by atoms with van der Waals surface area (Å²) in [5.74, 6) is -0.319. The summed E-state index contributed by atoms with van der Waals surface area (Å²) in [6.07, 6.45) is 1.75. The molecule has 2 nitrogen and oxygen atoms in total. The first-order valence-electron chi connectivity index (χ1n) is 4.15. The van der Waals surface area contributed by atoms with Crippen LogP contribution in [-0.2, 0) is 9.53 Å². The monoisotopic (exact) mass is 210 g/mol. The Kier molecular flexibility index (Phi) is 3.72. The number of benzene rings is 1. The van der Waals surface area contributed by atoms with Gasteiger partial charge in [0.2, 0.25) is 0 Å². The highest BCUT2D eigenvalue weighted by atomic mass is 35.5. The van der Waals surface area contributed by atoms with Crippen LogP contribution in [0, 0.1) is 0 Å². The molecule has 3 heteroatoms. The van der Waals surface area contributed by atoms with Gasteiger partial charge in [-0.2, -0.15) is 0 Å². The van der Waals surface area contributed by atoms with Crippen molar-refractivity contribution < 1.29 is 9.53 Å². The third-order valence-corrected chi connectivity index (χ3v) is 2.01. The number of carbonyl (C=O) groups excluding carboxylic acids is 1. The van der Waals surface area contributed by atoms with Crippen molar-refractivity contribution in [3.8, 4) is 0 Å². The van der Waals surface area contributed by atoms with Gasteiger partial charge >= 0.3 is 5.97 Å². The topological polar surface area (TPSA) is 26.3 Å². The number of ether oxygens (including phenoxy) is 1. The molecule has 0 radical (unpaired) electrons. The average molecular weight is 211 g/mol. The van der Waals surface area contributed by atoms with Gasteiger partial charge in [0.05, 0.1) is 7.11 Å². The Morgan fingerprint density at radius 1 is 1.36 bits per heavy atom. The molecule has 0 saturated heterocycles. The zero-order chi connectivity index (χ0) is 10.6. The first-order valence-corrected chi connectivity index (χ1v) is 4.53. The number of hydrogen-bond acceptors (Lipinski definition) is 2. The molecule has 0 aromatic heterocycles. The van der Waals surface area contributed by atoms with Crippen molar-refractivity contribution >= 4 is 23.6 Å². The van der Waals surface area contributed by atoms with Gasteiger partial charge in [0, 0.05) is 10.6 Å². The minimum absolute atomic E-state index is 0.319. The predicted octanol–water partition coefficient (Wildman–Crippen LogP) is 2.92. The average Bonchev–Trinajstić information content (AvgIpc) is 2.20. The summed E-state index contributed by atoms with van der Waals surface area (Å²) < 4.78 is 4.57. The maximum Gasteiger partial charge on any atom is 0.333 e. The van der Waals surface area contributed by atoms with E-state index in [0.717, 1.165) is 5.56 Å². The van der Waals surface area contributed by atoms with E-state index < -0.39 is 0 Å². The number of halogens is 1. The van der Waals surface area contributed by atoms with E-state index in [-0.39, 0.29) is 5.97 Å². The van der Waals surface area contributed by atoms with Crippen LogP contribution in [0.5, 0.6) is 0 Å². The minimum Gasteiger partial charge on any atom is -0.466 e. The van der Waals surface area contributed by atoms with Crippen LogP contribution in [0.25, 0.3) is 6.08 Å². The molecule has 0 bridgehead atoms. The summed E-state index contributed by atoms with van der Waals surface area (Å²) in [5.41, 5.74) is 1.49. The Morgan fingerprint density at radius 3 is 2.43 bits per heavy atom. The molecule has 0 spiro atoms. The minimum atomic E-state index is -0.319. The number of hydrogen-bond donors (Lipinski definition) is 0. The van der Waals surface area contributed by atoms with E-state index in [1.165, 1.54) is 7.11 Å². The highest BCUT2D eigenvalue weighted by molar-refractivity contribution is 6.30.